The van der Waals surface area contributed by atoms with Gasteiger partial charge in [0.15, 0.2) is 0 Å². The highest BCUT2D eigenvalue weighted by molar-refractivity contribution is 4.85. The monoisotopic (exact) mass is 236 g/mol. The summed E-state index contributed by atoms with van der Waals surface area (Å²) in [4.78, 5) is 0. The van der Waals surface area contributed by atoms with Gasteiger partial charge in [-0.05, 0) is 38.5 Å². The van der Waals surface area contributed by atoms with Crippen molar-refractivity contribution in [3.63, 3.8) is 0 Å². The third-order valence-corrected chi connectivity index (χ3v) is 4.07. The fourth-order valence-electron chi connectivity index (χ4n) is 2.85. The number of allylic oxidation sites excluding steroid dienone is 2. The standard InChI is InChI=1S/C16H28O/c1-2-4-6-8-10-12-14-16-15(17-16)13-11-9-7-5-3-1/h1-2,15-16H,3-14H2/b2-1+/t15-,16-/m0/s1. The molecule has 0 unspecified atom stereocenters. The van der Waals surface area contributed by atoms with E-state index < -0.39 is 0 Å². The topological polar surface area (TPSA) is 12.5 Å². The molecule has 1 aliphatic heterocycles. The lowest BCUT2D eigenvalue weighted by Gasteiger charge is -2.01. The molecule has 2 aliphatic rings. The molecule has 1 heterocycles. The maximum absolute atomic E-state index is 5.73. The molecule has 1 aliphatic carbocycles. The van der Waals surface area contributed by atoms with Crippen LogP contribution in [-0.2, 0) is 4.74 Å². The van der Waals surface area contributed by atoms with Crippen LogP contribution in [0.5, 0.6) is 0 Å². The van der Waals surface area contributed by atoms with Gasteiger partial charge in [-0.1, -0.05) is 50.7 Å². The average Bonchev–Trinajstić information content (AvgIpc) is 3.07. The molecule has 1 fully saturated rings. The molecule has 0 aromatic rings. The van der Waals surface area contributed by atoms with E-state index in [9.17, 15) is 0 Å². The summed E-state index contributed by atoms with van der Waals surface area (Å²) in [6, 6.07) is 0. The Bertz CT molecular complexity index is 200. The van der Waals surface area contributed by atoms with Crippen molar-refractivity contribution < 1.29 is 4.74 Å². The quantitative estimate of drug-likeness (QED) is 0.425. The third kappa shape index (κ3) is 5.72. The van der Waals surface area contributed by atoms with E-state index in [1.165, 1.54) is 77.0 Å². The van der Waals surface area contributed by atoms with Crippen LogP contribution in [0.4, 0.5) is 0 Å². The fourth-order valence-corrected chi connectivity index (χ4v) is 2.85. The van der Waals surface area contributed by atoms with Gasteiger partial charge in [0.1, 0.15) is 0 Å². The zero-order valence-corrected chi connectivity index (χ0v) is 11.2. The predicted molar refractivity (Wildman–Crippen MR) is 73.2 cm³/mol. The smallest absolute Gasteiger partial charge is 0.0841 e. The van der Waals surface area contributed by atoms with Crippen molar-refractivity contribution in [1.29, 1.82) is 0 Å². The molecule has 1 nitrogen and oxygen atoms in total. The Morgan fingerprint density at radius 3 is 1.59 bits per heavy atom. The molecule has 0 aromatic carbocycles. The van der Waals surface area contributed by atoms with Gasteiger partial charge in [-0.3, -0.25) is 0 Å². The normalized spacial score (nSPS) is 34.8. The number of hydrogen-bond donors (Lipinski definition) is 0. The van der Waals surface area contributed by atoms with Gasteiger partial charge < -0.3 is 4.74 Å². The minimum absolute atomic E-state index is 0.641. The molecular formula is C16H28O. The molecular weight excluding hydrogens is 208 g/mol. The summed E-state index contributed by atoms with van der Waals surface area (Å²) >= 11 is 0. The molecule has 0 saturated carbocycles. The largest absolute Gasteiger partial charge is 0.370 e. The molecule has 17 heavy (non-hydrogen) atoms. The second kappa shape index (κ2) is 7.92. The van der Waals surface area contributed by atoms with E-state index in [4.69, 9.17) is 4.74 Å². The lowest BCUT2D eigenvalue weighted by molar-refractivity contribution is 0.348. The molecule has 2 atom stereocenters. The van der Waals surface area contributed by atoms with Crippen LogP contribution in [0.15, 0.2) is 12.2 Å². The van der Waals surface area contributed by atoms with Crippen LogP contribution in [0.3, 0.4) is 0 Å². The molecule has 0 N–H and O–H groups in total. The van der Waals surface area contributed by atoms with Crippen molar-refractivity contribution in [3.8, 4) is 0 Å². The minimum Gasteiger partial charge on any atom is -0.370 e. The van der Waals surface area contributed by atoms with Gasteiger partial charge in [-0.2, -0.15) is 0 Å². The number of hydrogen-bond acceptors (Lipinski definition) is 1. The number of fused-ring (bicyclic) bond motifs is 1. The Morgan fingerprint density at radius 1 is 0.588 bits per heavy atom. The maximum atomic E-state index is 5.73. The summed E-state index contributed by atoms with van der Waals surface area (Å²) in [6.45, 7) is 0. The first kappa shape index (κ1) is 13.1. The van der Waals surface area contributed by atoms with Gasteiger partial charge in [0.25, 0.3) is 0 Å². The molecule has 0 radical (unpaired) electrons. The number of epoxide rings is 1. The van der Waals surface area contributed by atoms with E-state index in [0.717, 1.165) is 0 Å². The van der Waals surface area contributed by atoms with E-state index >= 15 is 0 Å². The van der Waals surface area contributed by atoms with Crippen molar-refractivity contribution >= 4 is 0 Å². The van der Waals surface area contributed by atoms with Crippen molar-refractivity contribution in [2.75, 3.05) is 0 Å². The van der Waals surface area contributed by atoms with E-state index in [0.29, 0.717) is 12.2 Å². The Morgan fingerprint density at radius 2 is 1.06 bits per heavy atom. The summed E-state index contributed by atoms with van der Waals surface area (Å²) in [5.41, 5.74) is 0. The first-order chi connectivity index (χ1) is 8.47. The Hall–Kier alpha value is -0.300. The lowest BCUT2D eigenvalue weighted by atomic mass is 10.0. The van der Waals surface area contributed by atoms with Crippen LogP contribution in [-0.4, -0.2) is 12.2 Å². The Labute approximate surface area is 107 Å². The Balaban J connectivity index is 1.63. The van der Waals surface area contributed by atoms with Crippen LogP contribution in [0.25, 0.3) is 0 Å². The van der Waals surface area contributed by atoms with E-state index in [-0.39, 0.29) is 0 Å². The molecule has 0 bridgehead atoms. The van der Waals surface area contributed by atoms with Gasteiger partial charge >= 0.3 is 0 Å². The summed E-state index contributed by atoms with van der Waals surface area (Å²) < 4.78 is 5.73. The van der Waals surface area contributed by atoms with Gasteiger partial charge in [-0.25, -0.2) is 0 Å². The lowest BCUT2D eigenvalue weighted by Crippen LogP contribution is -1.95. The molecule has 0 spiro atoms. The molecule has 98 valence electrons. The predicted octanol–water partition coefficient (Wildman–Crippen LogP) is 5.00. The van der Waals surface area contributed by atoms with Crippen LogP contribution < -0.4 is 0 Å². The molecule has 0 amide bonds. The van der Waals surface area contributed by atoms with Gasteiger partial charge in [0.2, 0.25) is 0 Å². The molecule has 1 heteroatoms. The highest BCUT2D eigenvalue weighted by Crippen LogP contribution is 2.31. The zero-order valence-electron chi connectivity index (χ0n) is 11.2. The summed E-state index contributed by atoms with van der Waals surface area (Å²) in [6.07, 6.45) is 22.4. The highest BCUT2D eigenvalue weighted by atomic mass is 16.6. The van der Waals surface area contributed by atoms with Gasteiger partial charge in [0, 0.05) is 0 Å². The summed E-state index contributed by atoms with van der Waals surface area (Å²) in [7, 11) is 0. The van der Waals surface area contributed by atoms with Crippen molar-refractivity contribution in [3.05, 3.63) is 12.2 Å². The van der Waals surface area contributed by atoms with Crippen LogP contribution in [0.2, 0.25) is 0 Å². The summed E-state index contributed by atoms with van der Waals surface area (Å²) in [5.74, 6) is 0. The van der Waals surface area contributed by atoms with Crippen LogP contribution in [0.1, 0.15) is 77.0 Å². The van der Waals surface area contributed by atoms with Crippen molar-refractivity contribution in [2.45, 2.75) is 89.3 Å². The zero-order chi connectivity index (χ0) is 11.8. The second-order valence-electron chi connectivity index (χ2n) is 5.67. The molecule has 0 aromatic heterocycles. The third-order valence-electron chi connectivity index (χ3n) is 4.07. The first-order valence-corrected chi connectivity index (χ1v) is 7.77. The van der Waals surface area contributed by atoms with E-state index in [1.807, 2.05) is 0 Å². The maximum Gasteiger partial charge on any atom is 0.0841 e. The minimum atomic E-state index is 0.641. The Kier molecular flexibility index (Phi) is 6.12. The average molecular weight is 236 g/mol. The van der Waals surface area contributed by atoms with E-state index in [1.54, 1.807) is 0 Å². The summed E-state index contributed by atoms with van der Waals surface area (Å²) in [5, 5.41) is 0. The van der Waals surface area contributed by atoms with Crippen molar-refractivity contribution in [2.24, 2.45) is 0 Å². The highest BCUT2D eigenvalue weighted by Gasteiger charge is 2.36. The van der Waals surface area contributed by atoms with E-state index in [2.05, 4.69) is 12.2 Å². The van der Waals surface area contributed by atoms with Gasteiger partial charge in [-0.15, -0.1) is 0 Å². The molecule has 2 rings (SSSR count). The van der Waals surface area contributed by atoms with Crippen LogP contribution in [0, 0.1) is 0 Å². The van der Waals surface area contributed by atoms with Crippen LogP contribution >= 0.6 is 0 Å². The molecule has 1 saturated heterocycles. The number of rotatable bonds is 0. The van der Waals surface area contributed by atoms with Gasteiger partial charge in [0.05, 0.1) is 12.2 Å². The second-order valence-corrected chi connectivity index (χ2v) is 5.67. The number of ether oxygens (including phenoxy) is 1. The van der Waals surface area contributed by atoms with Crippen molar-refractivity contribution in [1.82, 2.24) is 0 Å². The fraction of sp³-hybridized carbons (Fsp3) is 0.875. The SMILES string of the molecule is C1=C/CCCCCC[C@@H]2O[C@H]2CCCCCC/1. The first-order valence-electron chi connectivity index (χ1n) is 7.77.